The number of nitrogens with zero attached hydrogens (tertiary/aromatic N) is 5. The molecule has 8 heteroatoms. The van der Waals surface area contributed by atoms with Gasteiger partial charge in [0.25, 0.3) is 0 Å². The van der Waals surface area contributed by atoms with Gasteiger partial charge in [-0.1, -0.05) is 12.1 Å². The highest BCUT2D eigenvalue weighted by Crippen LogP contribution is 2.30. The van der Waals surface area contributed by atoms with Gasteiger partial charge in [-0.2, -0.15) is 5.10 Å². The molecule has 150 valence electrons. The van der Waals surface area contributed by atoms with Crippen molar-refractivity contribution in [2.24, 2.45) is 0 Å². The molecule has 1 aliphatic rings. The molecule has 0 spiro atoms. The highest BCUT2D eigenvalue weighted by molar-refractivity contribution is 5.76. The fraction of sp³-hybridized carbons (Fsp3) is 0.333. The third-order valence-corrected chi connectivity index (χ3v) is 5.05. The van der Waals surface area contributed by atoms with Gasteiger partial charge in [0.05, 0.1) is 24.5 Å². The smallest absolute Gasteiger partial charge is 0.224 e. The van der Waals surface area contributed by atoms with E-state index in [0.29, 0.717) is 49.6 Å². The Morgan fingerprint density at radius 1 is 1.21 bits per heavy atom. The van der Waals surface area contributed by atoms with Crippen molar-refractivity contribution in [3.63, 3.8) is 0 Å². The molecule has 0 N–H and O–H groups in total. The summed E-state index contributed by atoms with van der Waals surface area (Å²) in [5, 5.41) is 4.22. The van der Waals surface area contributed by atoms with Crippen LogP contribution < -0.4 is 0 Å². The van der Waals surface area contributed by atoms with Gasteiger partial charge < -0.3 is 9.64 Å². The molecule has 1 amide bonds. The number of rotatable bonds is 5. The van der Waals surface area contributed by atoms with Crippen LogP contribution in [0, 0.1) is 12.7 Å². The minimum Gasteiger partial charge on any atom is -0.368 e. The van der Waals surface area contributed by atoms with Crippen LogP contribution in [-0.2, 0) is 16.1 Å². The number of ether oxygens (including phenoxy) is 1. The minimum absolute atomic E-state index is 0.0320. The summed E-state index contributed by atoms with van der Waals surface area (Å²) in [4.78, 5) is 23.2. The monoisotopic (exact) mass is 395 g/mol. The van der Waals surface area contributed by atoms with E-state index in [1.54, 1.807) is 35.5 Å². The Bertz CT molecular complexity index is 1010. The lowest BCUT2D eigenvalue weighted by molar-refractivity contribution is -0.139. The van der Waals surface area contributed by atoms with Crippen LogP contribution in [0.1, 0.15) is 23.9 Å². The van der Waals surface area contributed by atoms with Gasteiger partial charge in [-0.3, -0.25) is 19.4 Å². The molecule has 2 aromatic heterocycles. The summed E-state index contributed by atoms with van der Waals surface area (Å²) in [6, 6.07) is 8.36. The van der Waals surface area contributed by atoms with Crippen molar-refractivity contribution in [3.8, 4) is 11.3 Å². The fourth-order valence-corrected chi connectivity index (χ4v) is 3.48. The number of amides is 1. The number of hydrogen-bond donors (Lipinski definition) is 0. The number of morpholine rings is 1. The average Bonchev–Trinajstić information content (AvgIpc) is 3.17. The largest absolute Gasteiger partial charge is 0.368 e. The predicted octanol–water partition coefficient (Wildman–Crippen LogP) is 2.78. The Labute approximate surface area is 168 Å². The van der Waals surface area contributed by atoms with Gasteiger partial charge >= 0.3 is 0 Å². The standard InChI is InChI=1S/C21H22FN5O2/c1-15-6-8-25-27(15)11-7-19(28)26-12-13-29-18(14-26)21-20(23-9-10-24-21)16-4-2-3-5-17(16)22/h2-6,8-10,18H,7,11-14H2,1H3/t18-/m1/s1. The number of carbonyl (C=O) groups is 1. The molecule has 0 aliphatic carbocycles. The third-order valence-electron chi connectivity index (χ3n) is 5.05. The molecule has 0 radical (unpaired) electrons. The van der Waals surface area contributed by atoms with Crippen molar-refractivity contribution in [2.75, 3.05) is 19.7 Å². The molecular weight excluding hydrogens is 373 g/mol. The van der Waals surface area contributed by atoms with Crippen LogP contribution >= 0.6 is 0 Å². The van der Waals surface area contributed by atoms with E-state index in [1.807, 2.05) is 17.7 Å². The Morgan fingerprint density at radius 2 is 2.03 bits per heavy atom. The Kier molecular flexibility index (Phi) is 5.62. The molecule has 1 aromatic carbocycles. The normalized spacial score (nSPS) is 16.8. The lowest BCUT2D eigenvalue weighted by atomic mass is 10.0. The van der Waals surface area contributed by atoms with E-state index >= 15 is 0 Å². The molecule has 4 rings (SSSR count). The molecule has 3 aromatic rings. The summed E-state index contributed by atoms with van der Waals surface area (Å²) < 4.78 is 22.0. The van der Waals surface area contributed by atoms with Crippen molar-refractivity contribution >= 4 is 5.91 Å². The van der Waals surface area contributed by atoms with Crippen molar-refractivity contribution in [1.29, 1.82) is 0 Å². The van der Waals surface area contributed by atoms with Crippen LogP contribution in [0.4, 0.5) is 4.39 Å². The Hall–Kier alpha value is -3.13. The van der Waals surface area contributed by atoms with E-state index in [4.69, 9.17) is 4.74 Å². The van der Waals surface area contributed by atoms with Crippen LogP contribution in [0.2, 0.25) is 0 Å². The van der Waals surface area contributed by atoms with Crippen LogP contribution in [-0.4, -0.2) is 50.3 Å². The first kappa shape index (κ1) is 19.2. The van der Waals surface area contributed by atoms with Gasteiger partial charge in [0, 0.05) is 49.4 Å². The van der Waals surface area contributed by atoms with E-state index in [-0.39, 0.29) is 11.7 Å². The number of benzene rings is 1. The predicted molar refractivity (Wildman–Crippen MR) is 104 cm³/mol. The van der Waals surface area contributed by atoms with Crippen LogP contribution in [0.3, 0.4) is 0 Å². The first-order chi connectivity index (χ1) is 14.1. The zero-order valence-electron chi connectivity index (χ0n) is 16.2. The van der Waals surface area contributed by atoms with Gasteiger partial charge in [-0.25, -0.2) is 4.39 Å². The maximum Gasteiger partial charge on any atom is 0.224 e. The van der Waals surface area contributed by atoms with Crippen molar-refractivity contribution in [3.05, 3.63) is 66.1 Å². The third kappa shape index (κ3) is 4.17. The number of aryl methyl sites for hydroxylation is 2. The first-order valence-corrected chi connectivity index (χ1v) is 9.57. The van der Waals surface area contributed by atoms with Crippen LogP contribution in [0.15, 0.2) is 48.9 Å². The number of halogens is 1. The maximum absolute atomic E-state index is 14.3. The second kappa shape index (κ2) is 8.48. The zero-order chi connectivity index (χ0) is 20.2. The van der Waals surface area contributed by atoms with E-state index in [1.165, 1.54) is 12.3 Å². The van der Waals surface area contributed by atoms with Gasteiger partial charge in [-0.05, 0) is 25.1 Å². The van der Waals surface area contributed by atoms with Crippen LogP contribution in [0.5, 0.6) is 0 Å². The zero-order valence-corrected chi connectivity index (χ0v) is 16.2. The second-order valence-electron chi connectivity index (χ2n) is 6.91. The highest BCUT2D eigenvalue weighted by atomic mass is 19.1. The van der Waals surface area contributed by atoms with E-state index in [0.717, 1.165) is 5.69 Å². The van der Waals surface area contributed by atoms with E-state index < -0.39 is 6.10 Å². The quantitative estimate of drug-likeness (QED) is 0.664. The number of carbonyl (C=O) groups excluding carboxylic acids is 1. The summed E-state index contributed by atoms with van der Waals surface area (Å²) >= 11 is 0. The molecule has 0 saturated carbocycles. The SMILES string of the molecule is Cc1ccnn1CCC(=O)N1CCO[C@@H](c2nccnc2-c2ccccc2F)C1. The second-order valence-corrected chi connectivity index (χ2v) is 6.91. The molecule has 1 aliphatic heterocycles. The lowest BCUT2D eigenvalue weighted by Crippen LogP contribution is -2.43. The minimum atomic E-state index is -0.456. The first-order valence-electron chi connectivity index (χ1n) is 9.57. The fourth-order valence-electron chi connectivity index (χ4n) is 3.48. The molecule has 0 unspecified atom stereocenters. The number of hydrogen-bond acceptors (Lipinski definition) is 5. The lowest BCUT2D eigenvalue weighted by Gasteiger charge is -2.33. The topological polar surface area (TPSA) is 73.1 Å². The summed E-state index contributed by atoms with van der Waals surface area (Å²) in [5.41, 5.74) is 2.37. The average molecular weight is 395 g/mol. The molecule has 7 nitrogen and oxygen atoms in total. The molecule has 1 fully saturated rings. The van der Waals surface area contributed by atoms with E-state index in [9.17, 15) is 9.18 Å². The maximum atomic E-state index is 14.3. The van der Waals surface area contributed by atoms with Crippen LogP contribution in [0.25, 0.3) is 11.3 Å². The van der Waals surface area contributed by atoms with Crippen molar-refractivity contribution in [2.45, 2.75) is 26.0 Å². The summed E-state index contributed by atoms with van der Waals surface area (Å²) in [5.74, 6) is -0.336. The molecular formula is C21H22FN5O2. The molecule has 1 atom stereocenters. The van der Waals surface area contributed by atoms with Gasteiger partial charge in [0.2, 0.25) is 5.91 Å². The molecule has 29 heavy (non-hydrogen) atoms. The van der Waals surface area contributed by atoms with Gasteiger partial charge in [-0.15, -0.1) is 0 Å². The van der Waals surface area contributed by atoms with Crippen molar-refractivity contribution in [1.82, 2.24) is 24.6 Å². The molecule has 0 bridgehead atoms. The van der Waals surface area contributed by atoms with Gasteiger partial charge in [0.1, 0.15) is 11.9 Å². The summed E-state index contributed by atoms with van der Waals surface area (Å²) in [6.45, 7) is 3.76. The number of aromatic nitrogens is 4. The molecule has 3 heterocycles. The Morgan fingerprint density at radius 3 is 2.83 bits per heavy atom. The van der Waals surface area contributed by atoms with Gasteiger partial charge in [0.15, 0.2) is 0 Å². The highest BCUT2D eigenvalue weighted by Gasteiger charge is 2.29. The summed E-state index contributed by atoms with van der Waals surface area (Å²) in [7, 11) is 0. The summed E-state index contributed by atoms with van der Waals surface area (Å²) in [6.07, 6.45) is 4.72. The Balaban J connectivity index is 1.50. The van der Waals surface area contributed by atoms with Crippen molar-refractivity contribution < 1.29 is 13.9 Å². The van der Waals surface area contributed by atoms with E-state index in [2.05, 4.69) is 15.1 Å². The molecule has 1 saturated heterocycles.